The van der Waals surface area contributed by atoms with Gasteiger partial charge < -0.3 is 9.88 Å². The van der Waals surface area contributed by atoms with E-state index in [1.807, 2.05) is 23.8 Å². The molecule has 1 amide bonds. The minimum absolute atomic E-state index is 0.231. The van der Waals surface area contributed by atoms with Gasteiger partial charge >= 0.3 is 0 Å². The number of hydrogen-bond acceptors (Lipinski definition) is 4. The van der Waals surface area contributed by atoms with Gasteiger partial charge in [0.1, 0.15) is 0 Å². The highest BCUT2D eigenvalue weighted by atomic mass is 32.2. The lowest BCUT2D eigenvalue weighted by atomic mass is 10.2. The molecule has 1 aromatic heterocycles. The number of unbranched alkanes of at least 4 members (excludes halogenated alkanes) is 1. The van der Waals surface area contributed by atoms with Crippen molar-refractivity contribution in [3.8, 4) is 0 Å². The number of benzene rings is 2. The van der Waals surface area contributed by atoms with Crippen molar-refractivity contribution in [2.45, 2.75) is 38.1 Å². The van der Waals surface area contributed by atoms with Gasteiger partial charge in [-0.1, -0.05) is 18.2 Å². The first-order valence-electron chi connectivity index (χ1n) is 9.79. The van der Waals surface area contributed by atoms with Crippen molar-refractivity contribution in [2.24, 2.45) is 0 Å². The number of carbonyl (C=O) groups excluding carboxylic acids is 1. The van der Waals surface area contributed by atoms with Crippen LogP contribution in [0, 0.1) is 13.8 Å². The molecule has 0 spiro atoms. The average Bonchev–Trinajstić information content (AvgIpc) is 3.22. The molecule has 0 atom stereocenters. The number of sulfonamides is 1. The number of nitrogens with one attached hydrogen (secondary N) is 2. The van der Waals surface area contributed by atoms with E-state index in [1.165, 1.54) is 0 Å². The van der Waals surface area contributed by atoms with Gasteiger partial charge in [0.15, 0.2) is 0 Å². The zero-order valence-corrected chi connectivity index (χ0v) is 17.9. The van der Waals surface area contributed by atoms with E-state index < -0.39 is 10.0 Å². The molecule has 0 aliphatic heterocycles. The van der Waals surface area contributed by atoms with Crippen LogP contribution in [0.2, 0.25) is 0 Å². The SMILES string of the molecule is Cc1ccc(C)c(S(=O)(=O)Nc2cccc(C(=O)NCCCCn3ccnc3)c2)c1. The number of carbonyl (C=O) groups is 1. The van der Waals surface area contributed by atoms with Crippen LogP contribution < -0.4 is 10.0 Å². The van der Waals surface area contributed by atoms with E-state index >= 15 is 0 Å². The molecule has 2 aromatic carbocycles. The van der Waals surface area contributed by atoms with Crippen molar-refractivity contribution in [1.82, 2.24) is 14.9 Å². The Balaban J connectivity index is 1.58. The summed E-state index contributed by atoms with van der Waals surface area (Å²) < 4.78 is 30.1. The van der Waals surface area contributed by atoms with Gasteiger partial charge in [0.25, 0.3) is 15.9 Å². The van der Waals surface area contributed by atoms with E-state index in [0.29, 0.717) is 23.4 Å². The Bertz CT molecular complexity index is 1110. The van der Waals surface area contributed by atoms with Gasteiger partial charge in [-0.3, -0.25) is 9.52 Å². The Morgan fingerprint density at radius 1 is 1.10 bits per heavy atom. The smallest absolute Gasteiger partial charge is 0.262 e. The molecule has 1 heterocycles. The third kappa shape index (κ3) is 5.70. The van der Waals surface area contributed by atoms with Crippen LogP contribution >= 0.6 is 0 Å². The fourth-order valence-corrected chi connectivity index (χ4v) is 4.45. The summed E-state index contributed by atoms with van der Waals surface area (Å²) in [5.74, 6) is -0.231. The second kappa shape index (κ2) is 9.58. The lowest BCUT2D eigenvalue weighted by Gasteiger charge is -2.12. The van der Waals surface area contributed by atoms with E-state index in [-0.39, 0.29) is 10.8 Å². The van der Waals surface area contributed by atoms with Crippen molar-refractivity contribution >= 4 is 21.6 Å². The molecule has 0 saturated heterocycles. The molecule has 0 unspecified atom stereocenters. The number of nitrogens with zero attached hydrogens (tertiary/aromatic N) is 2. The van der Waals surface area contributed by atoms with Crippen LogP contribution in [0.5, 0.6) is 0 Å². The molecule has 3 rings (SSSR count). The highest BCUT2D eigenvalue weighted by Gasteiger charge is 2.17. The lowest BCUT2D eigenvalue weighted by molar-refractivity contribution is 0.0953. The standard InChI is InChI=1S/C22H26N4O3S/c1-17-8-9-18(2)21(14-17)30(28,29)25-20-7-5-6-19(15-20)22(27)24-10-3-4-12-26-13-11-23-16-26/h5-9,11,13-16,25H,3-4,10,12H2,1-2H3,(H,24,27). The Morgan fingerprint density at radius 2 is 1.93 bits per heavy atom. The Labute approximate surface area is 177 Å². The van der Waals surface area contributed by atoms with Crippen LogP contribution in [0.4, 0.5) is 5.69 Å². The number of aryl methyl sites for hydroxylation is 3. The van der Waals surface area contributed by atoms with E-state index in [1.54, 1.807) is 55.8 Å². The molecular weight excluding hydrogens is 400 g/mol. The van der Waals surface area contributed by atoms with Crippen molar-refractivity contribution in [3.63, 3.8) is 0 Å². The second-order valence-corrected chi connectivity index (χ2v) is 8.87. The predicted molar refractivity (Wildman–Crippen MR) is 117 cm³/mol. The monoisotopic (exact) mass is 426 g/mol. The summed E-state index contributed by atoms with van der Waals surface area (Å²) in [6.45, 7) is 5.00. The number of imidazole rings is 1. The largest absolute Gasteiger partial charge is 0.352 e. The lowest BCUT2D eigenvalue weighted by Crippen LogP contribution is -2.24. The average molecular weight is 427 g/mol. The molecule has 0 aliphatic rings. The quantitative estimate of drug-likeness (QED) is 0.512. The molecule has 0 radical (unpaired) electrons. The molecule has 8 heteroatoms. The molecule has 0 bridgehead atoms. The number of hydrogen-bond donors (Lipinski definition) is 2. The van der Waals surface area contributed by atoms with Crippen molar-refractivity contribution in [1.29, 1.82) is 0 Å². The van der Waals surface area contributed by atoms with Crippen LogP contribution in [0.15, 0.2) is 66.1 Å². The third-order valence-electron chi connectivity index (χ3n) is 4.70. The number of amides is 1. The van der Waals surface area contributed by atoms with Gasteiger partial charge in [-0.25, -0.2) is 13.4 Å². The highest BCUT2D eigenvalue weighted by Crippen LogP contribution is 2.21. The maximum Gasteiger partial charge on any atom is 0.262 e. The first-order valence-corrected chi connectivity index (χ1v) is 11.3. The topological polar surface area (TPSA) is 93.1 Å². The maximum absolute atomic E-state index is 12.8. The van der Waals surface area contributed by atoms with Crippen LogP contribution in [0.1, 0.15) is 34.3 Å². The summed E-state index contributed by atoms with van der Waals surface area (Å²) in [4.78, 5) is 16.6. The van der Waals surface area contributed by atoms with Gasteiger partial charge in [0.05, 0.1) is 11.2 Å². The summed E-state index contributed by atoms with van der Waals surface area (Å²) in [6.07, 6.45) is 7.17. The fraction of sp³-hybridized carbons (Fsp3) is 0.273. The van der Waals surface area contributed by atoms with Crippen LogP contribution in [-0.2, 0) is 16.6 Å². The van der Waals surface area contributed by atoms with Crippen molar-refractivity contribution in [2.75, 3.05) is 11.3 Å². The van der Waals surface area contributed by atoms with Gasteiger partial charge in [-0.05, 0) is 62.1 Å². The first-order chi connectivity index (χ1) is 14.3. The van der Waals surface area contributed by atoms with E-state index in [4.69, 9.17) is 0 Å². The van der Waals surface area contributed by atoms with Crippen molar-refractivity contribution in [3.05, 3.63) is 77.9 Å². The summed E-state index contributed by atoms with van der Waals surface area (Å²) in [5.41, 5.74) is 2.29. The second-order valence-electron chi connectivity index (χ2n) is 7.22. The molecule has 30 heavy (non-hydrogen) atoms. The highest BCUT2D eigenvalue weighted by molar-refractivity contribution is 7.92. The molecule has 0 saturated carbocycles. The molecule has 0 fully saturated rings. The van der Waals surface area contributed by atoms with Gasteiger partial charge in [0, 0.05) is 36.7 Å². The van der Waals surface area contributed by atoms with E-state index in [9.17, 15) is 13.2 Å². The van der Waals surface area contributed by atoms with E-state index in [0.717, 1.165) is 24.9 Å². The van der Waals surface area contributed by atoms with Gasteiger partial charge in [-0.2, -0.15) is 0 Å². The summed E-state index contributed by atoms with van der Waals surface area (Å²) in [6, 6.07) is 11.8. The molecule has 0 aliphatic carbocycles. The Morgan fingerprint density at radius 3 is 2.70 bits per heavy atom. The van der Waals surface area contributed by atoms with Gasteiger partial charge in [-0.15, -0.1) is 0 Å². The van der Waals surface area contributed by atoms with Crippen molar-refractivity contribution < 1.29 is 13.2 Å². The zero-order chi connectivity index (χ0) is 21.6. The van der Waals surface area contributed by atoms with E-state index in [2.05, 4.69) is 15.0 Å². The maximum atomic E-state index is 12.8. The molecule has 7 nitrogen and oxygen atoms in total. The predicted octanol–water partition coefficient (Wildman–Crippen LogP) is 3.51. The zero-order valence-electron chi connectivity index (χ0n) is 17.1. The number of rotatable bonds is 9. The Hall–Kier alpha value is -3.13. The van der Waals surface area contributed by atoms with Crippen LogP contribution in [-0.4, -0.2) is 30.4 Å². The fourth-order valence-electron chi connectivity index (χ4n) is 3.07. The number of aromatic nitrogens is 2. The van der Waals surface area contributed by atoms with Crippen LogP contribution in [0.25, 0.3) is 0 Å². The summed E-state index contributed by atoms with van der Waals surface area (Å²) >= 11 is 0. The first kappa shape index (κ1) is 21.6. The molecule has 3 aromatic rings. The normalized spacial score (nSPS) is 11.3. The Kier molecular flexibility index (Phi) is 6.89. The summed E-state index contributed by atoms with van der Waals surface area (Å²) in [5, 5.41) is 2.88. The van der Waals surface area contributed by atoms with Crippen LogP contribution in [0.3, 0.4) is 0 Å². The molecule has 158 valence electrons. The number of anilines is 1. The molecular formula is C22H26N4O3S. The summed E-state index contributed by atoms with van der Waals surface area (Å²) in [7, 11) is -3.74. The minimum atomic E-state index is -3.74. The minimum Gasteiger partial charge on any atom is -0.352 e. The van der Waals surface area contributed by atoms with Gasteiger partial charge in [0.2, 0.25) is 0 Å². The molecule has 2 N–H and O–H groups in total. The third-order valence-corrected chi connectivity index (χ3v) is 6.22.